The molecule has 8 heteroatoms. The molecular weight excluding hydrogens is 362 g/mol. The number of carbonyl (C=O) groups is 1. The predicted octanol–water partition coefficient (Wildman–Crippen LogP) is 3.09. The molecule has 0 atom stereocenters. The van der Waals surface area contributed by atoms with Crippen molar-refractivity contribution in [3.8, 4) is 11.6 Å². The van der Waals surface area contributed by atoms with E-state index in [-0.39, 0.29) is 11.7 Å². The van der Waals surface area contributed by atoms with E-state index in [0.29, 0.717) is 29.8 Å². The second-order valence-corrected chi connectivity index (χ2v) is 7.19. The van der Waals surface area contributed by atoms with E-state index in [9.17, 15) is 4.79 Å². The van der Waals surface area contributed by atoms with Crippen LogP contribution in [-0.2, 0) is 11.3 Å². The van der Waals surface area contributed by atoms with Crippen LogP contribution in [0.1, 0.15) is 24.5 Å². The van der Waals surface area contributed by atoms with E-state index in [0.717, 1.165) is 12.0 Å². The fraction of sp³-hybridized carbons (Fsp3) is 0.316. The van der Waals surface area contributed by atoms with Crippen molar-refractivity contribution in [2.75, 3.05) is 18.1 Å². The van der Waals surface area contributed by atoms with Crippen LogP contribution in [0.25, 0.3) is 11.6 Å². The lowest BCUT2D eigenvalue weighted by molar-refractivity contribution is -0.129. The molecule has 3 aromatic rings. The Morgan fingerprint density at radius 3 is 2.70 bits per heavy atom. The zero-order valence-corrected chi connectivity index (χ0v) is 16.3. The molecule has 2 aromatic heterocycles. The van der Waals surface area contributed by atoms with Crippen molar-refractivity contribution in [3.63, 3.8) is 0 Å². The van der Waals surface area contributed by atoms with Crippen LogP contribution >= 0.6 is 11.8 Å². The number of furan rings is 1. The molecule has 2 N–H and O–H groups in total. The summed E-state index contributed by atoms with van der Waals surface area (Å²) in [6, 6.07) is 11.8. The van der Waals surface area contributed by atoms with Crippen molar-refractivity contribution in [2.45, 2.75) is 32.0 Å². The monoisotopic (exact) mass is 385 g/mol. The summed E-state index contributed by atoms with van der Waals surface area (Å²) >= 11 is 1.27. The van der Waals surface area contributed by atoms with Crippen molar-refractivity contribution in [1.82, 2.24) is 19.8 Å². The lowest BCUT2D eigenvalue weighted by Crippen LogP contribution is -2.32. The molecule has 0 radical (unpaired) electrons. The highest BCUT2D eigenvalue weighted by atomic mass is 32.2. The minimum absolute atomic E-state index is 0.0463. The molecule has 0 aliphatic heterocycles. The normalized spacial score (nSPS) is 10.9. The fourth-order valence-corrected chi connectivity index (χ4v) is 3.40. The van der Waals surface area contributed by atoms with Gasteiger partial charge in [-0.2, -0.15) is 0 Å². The molecular formula is C19H23N5O2S. The number of aromatic nitrogens is 3. The second kappa shape index (κ2) is 8.77. The lowest BCUT2D eigenvalue weighted by atomic mass is 10.1. The molecule has 1 amide bonds. The van der Waals surface area contributed by atoms with Crippen LogP contribution in [0, 0.1) is 6.92 Å². The molecule has 0 saturated heterocycles. The number of nitrogen functional groups attached to an aromatic ring is 1. The first-order chi connectivity index (χ1) is 13.1. The third-order valence-corrected chi connectivity index (χ3v) is 5.00. The Labute approximate surface area is 162 Å². The standard InChI is InChI=1S/C19H23N5O2S/c1-3-10-23(12-15-8-6-14(2)7-9-15)17(25)13-27-19-22-21-18(24(19)20)16-5-4-11-26-16/h4-9,11H,3,10,12-13,20H2,1-2H3. The van der Waals surface area contributed by atoms with Gasteiger partial charge in [-0.25, -0.2) is 4.68 Å². The molecule has 0 aliphatic carbocycles. The largest absolute Gasteiger partial charge is 0.461 e. The first-order valence-corrected chi connectivity index (χ1v) is 9.77. The third-order valence-electron chi connectivity index (χ3n) is 4.07. The first-order valence-electron chi connectivity index (χ1n) is 8.79. The number of aryl methyl sites for hydroxylation is 1. The fourth-order valence-electron chi connectivity index (χ4n) is 2.64. The highest BCUT2D eigenvalue weighted by molar-refractivity contribution is 7.99. The number of hydrogen-bond acceptors (Lipinski definition) is 6. The maximum Gasteiger partial charge on any atom is 0.233 e. The van der Waals surface area contributed by atoms with Crippen molar-refractivity contribution in [1.29, 1.82) is 0 Å². The third kappa shape index (κ3) is 4.71. The SMILES string of the molecule is CCCN(Cc1ccc(C)cc1)C(=O)CSc1nnc(-c2ccco2)n1N. The van der Waals surface area contributed by atoms with Crippen LogP contribution in [0.3, 0.4) is 0 Å². The summed E-state index contributed by atoms with van der Waals surface area (Å²) in [5.41, 5.74) is 2.33. The lowest BCUT2D eigenvalue weighted by Gasteiger charge is -2.22. The van der Waals surface area contributed by atoms with E-state index >= 15 is 0 Å². The maximum atomic E-state index is 12.7. The Hall–Kier alpha value is -2.74. The van der Waals surface area contributed by atoms with Crippen LogP contribution in [0.4, 0.5) is 0 Å². The van der Waals surface area contributed by atoms with E-state index in [4.69, 9.17) is 10.3 Å². The van der Waals surface area contributed by atoms with Crippen molar-refractivity contribution in [3.05, 3.63) is 53.8 Å². The van der Waals surface area contributed by atoms with Gasteiger partial charge in [-0.1, -0.05) is 48.5 Å². The Kier molecular flexibility index (Phi) is 6.18. The average molecular weight is 385 g/mol. The van der Waals surface area contributed by atoms with Gasteiger partial charge in [0.15, 0.2) is 5.76 Å². The molecule has 142 valence electrons. The zero-order valence-electron chi connectivity index (χ0n) is 15.5. The summed E-state index contributed by atoms with van der Waals surface area (Å²) in [5, 5.41) is 8.58. The Morgan fingerprint density at radius 2 is 2.04 bits per heavy atom. The molecule has 3 rings (SSSR count). The molecule has 1 aromatic carbocycles. The minimum atomic E-state index is 0.0463. The second-order valence-electron chi connectivity index (χ2n) is 6.24. The molecule has 2 heterocycles. The quantitative estimate of drug-likeness (QED) is 0.473. The van der Waals surface area contributed by atoms with Crippen LogP contribution in [0.15, 0.2) is 52.2 Å². The van der Waals surface area contributed by atoms with E-state index in [1.54, 1.807) is 18.4 Å². The number of amides is 1. The van der Waals surface area contributed by atoms with Crippen LogP contribution in [0.2, 0.25) is 0 Å². The smallest absolute Gasteiger partial charge is 0.233 e. The number of nitrogens with zero attached hydrogens (tertiary/aromatic N) is 4. The summed E-state index contributed by atoms with van der Waals surface area (Å²) in [6.07, 6.45) is 2.45. The Balaban J connectivity index is 1.63. The van der Waals surface area contributed by atoms with E-state index in [1.165, 1.54) is 22.0 Å². The topological polar surface area (TPSA) is 90.2 Å². The average Bonchev–Trinajstić information content (AvgIpc) is 3.31. The van der Waals surface area contributed by atoms with Crippen LogP contribution < -0.4 is 5.84 Å². The van der Waals surface area contributed by atoms with Gasteiger partial charge in [0.1, 0.15) is 0 Å². The predicted molar refractivity (Wildman–Crippen MR) is 105 cm³/mol. The molecule has 27 heavy (non-hydrogen) atoms. The number of rotatable bonds is 8. The van der Waals surface area contributed by atoms with Crippen molar-refractivity contribution in [2.24, 2.45) is 0 Å². The van der Waals surface area contributed by atoms with Gasteiger partial charge in [0, 0.05) is 13.1 Å². The van der Waals surface area contributed by atoms with Gasteiger partial charge < -0.3 is 15.2 Å². The van der Waals surface area contributed by atoms with Crippen molar-refractivity contribution >= 4 is 17.7 Å². The summed E-state index contributed by atoms with van der Waals surface area (Å²) < 4.78 is 6.64. The molecule has 0 saturated carbocycles. The Morgan fingerprint density at radius 1 is 1.26 bits per heavy atom. The highest BCUT2D eigenvalue weighted by Crippen LogP contribution is 2.22. The summed E-state index contributed by atoms with van der Waals surface area (Å²) in [4.78, 5) is 14.6. The van der Waals surface area contributed by atoms with Crippen molar-refractivity contribution < 1.29 is 9.21 Å². The zero-order chi connectivity index (χ0) is 19.2. The van der Waals surface area contributed by atoms with E-state index in [2.05, 4.69) is 48.3 Å². The molecule has 0 fully saturated rings. The molecule has 7 nitrogen and oxygen atoms in total. The number of carbonyl (C=O) groups excluding carboxylic acids is 1. The van der Waals surface area contributed by atoms with Gasteiger partial charge >= 0.3 is 0 Å². The molecule has 0 aliphatic rings. The number of nitrogens with two attached hydrogens (primary N) is 1. The molecule has 0 unspecified atom stereocenters. The van der Waals surface area contributed by atoms with Gasteiger partial charge in [0.2, 0.25) is 16.9 Å². The summed E-state index contributed by atoms with van der Waals surface area (Å²) in [7, 11) is 0. The molecule has 0 spiro atoms. The first kappa shape index (κ1) is 19.0. The maximum absolute atomic E-state index is 12.7. The summed E-state index contributed by atoms with van der Waals surface area (Å²) in [5.74, 6) is 7.30. The molecule has 0 bridgehead atoms. The number of thioether (sulfide) groups is 1. The van der Waals surface area contributed by atoms with Gasteiger partial charge in [-0.15, -0.1) is 10.2 Å². The Bertz CT molecular complexity index is 874. The van der Waals surface area contributed by atoms with E-state index < -0.39 is 0 Å². The van der Waals surface area contributed by atoms with Gasteiger partial charge in [-0.05, 0) is 31.0 Å². The summed E-state index contributed by atoms with van der Waals surface area (Å²) in [6.45, 7) is 5.42. The van der Waals surface area contributed by atoms with Gasteiger partial charge in [-0.3, -0.25) is 4.79 Å². The number of benzene rings is 1. The van der Waals surface area contributed by atoms with E-state index in [1.807, 2.05) is 4.90 Å². The highest BCUT2D eigenvalue weighted by Gasteiger charge is 2.18. The van der Waals surface area contributed by atoms with Gasteiger partial charge in [0.05, 0.1) is 12.0 Å². The van der Waals surface area contributed by atoms with Gasteiger partial charge in [0.25, 0.3) is 0 Å². The minimum Gasteiger partial charge on any atom is -0.461 e. The number of hydrogen-bond donors (Lipinski definition) is 1. The van der Waals surface area contributed by atoms with Crippen LogP contribution in [0.5, 0.6) is 0 Å². The van der Waals surface area contributed by atoms with Crippen LogP contribution in [-0.4, -0.2) is 38.0 Å².